The highest BCUT2D eigenvalue weighted by Gasteiger charge is 2.20. The molecule has 1 rings (SSSR count). The molecule has 0 bridgehead atoms. The van der Waals surface area contributed by atoms with Gasteiger partial charge in [0.2, 0.25) is 0 Å². The van der Waals surface area contributed by atoms with Crippen LogP contribution in [0.1, 0.15) is 73.1 Å². The van der Waals surface area contributed by atoms with Crippen LogP contribution >= 0.6 is 0 Å². The maximum Gasteiger partial charge on any atom is 0.00966 e. The molecule has 0 unspecified atom stereocenters. The molecule has 0 aromatic rings. The average molecular weight is 251 g/mol. The molecule has 1 fully saturated rings. The topological polar surface area (TPSA) is 12.0 Å². The van der Waals surface area contributed by atoms with Gasteiger partial charge in [-0.1, -0.05) is 25.0 Å². The first-order valence-electron chi connectivity index (χ1n) is 7.84. The molecule has 1 aliphatic rings. The van der Waals surface area contributed by atoms with E-state index in [0.29, 0.717) is 0 Å². The largest absolute Gasteiger partial charge is 0.312 e. The Kier molecular flexibility index (Phi) is 6.42. The van der Waals surface area contributed by atoms with E-state index in [1.54, 1.807) is 5.57 Å². The summed E-state index contributed by atoms with van der Waals surface area (Å²) in [7, 11) is 0. The number of nitrogens with one attached hydrogen (secondary N) is 1. The Morgan fingerprint density at radius 2 is 1.78 bits per heavy atom. The van der Waals surface area contributed by atoms with E-state index in [9.17, 15) is 0 Å². The van der Waals surface area contributed by atoms with Crippen molar-refractivity contribution in [3.05, 3.63) is 11.6 Å². The first-order valence-corrected chi connectivity index (χ1v) is 7.84. The Labute approximate surface area is 114 Å². The zero-order chi connectivity index (χ0) is 13.6. The molecule has 1 heteroatoms. The predicted molar refractivity (Wildman–Crippen MR) is 81.9 cm³/mol. The molecule has 0 saturated heterocycles. The highest BCUT2D eigenvalue weighted by molar-refractivity contribution is 5.05. The Bertz CT molecular complexity index is 251. The van der Waals surface area contributed by atoms with Crippen LogP contribution in [-0.2, 0) is 0 Å². The van der Waals surface area contributed by atoms with Crippen LogP contribution in [0.2, 0.25) is 0 Å². The summed E-state index contributed by atoms with van der Waals surface area (Å²) in [6.45, 7) is 12.5. The van der Waals surface area contributed by atoms with Crippen LogP contribution in [-0.4, -0.2) is 12.1 Å². The van der Waals surface area contributed by atoms with Gasteiger partial charge >= 0.3 is 0 Å². The molecule has 18 heavy (non-hydrogen) atoms. The molecule has 0 heterocycles. The number of rotatable bonds is 5. The second-order valence-corrected chi connectivity index (χ2v) is 7.04. The summed E-state index contributed by atoms with van der Waals surface area (Å²) in [5.41, 5.74) is 1.89. The van der Waals surface area contributed by atoms with Gasteiger partial charge in [-0.3, -0.25) is 0 Å². The summed E-state index contributed by atoms with van der Waals surface area (Å²) >= 11 is 0. The molecule has 1 saturated carbocycles. The van der Waals surface area contributed by atoms with Crippen molar-refractivity contribution < 1.29 is 0 Å². The number of hydrogen-bond donors (Lipinski definition) is 1. The van der Waals surface area contributed by atoms with Gasteiger partial charge in [0.25, 0.3) is 0 Å². The molecular weight excluding hydrogens is 218 g/mol. The second-order valence-electron chi connectivity index (χ2n) is 7.04. The third-order valence-corrected chi connectivity index (χ3v) is 4.33. The van der Waals surface area contributed by atoms with Crippen molar-refractivity contribution >= 4 is 0 Å². The molecule has 0 atom stereocenters. The van der Waals surface area contributed by atoms with Gasteiger partial charge in [-0.05, 0) is 78.2 Å². The molecule has 1 nitrogen and oxygen atoms in total. The molecule has 0 aromatic carbocycles. The van der Waals surface area contributed by atoms with Crippen LogP contribution in [0.15, 0.2) is 11.6 Å². The molecule has 1 N–H and O–H groups in total. The first-order chi connectivity index (χ1) is 8.42. The smallest absolute Gasteiger partial charge is 0.00966 e. The van der Waals surface area contributed by atoms with E-state index in [-0.39, 0.29) is 5.54 Å². The fourth-order valence-electron chi connectivity index (χ4n) is 2.94. The molecule has 0 aliphatic heterocycles. The van der Waals surface area contributed by atoms with E-state index in [0.717, 1.165) is 18.4 Å². The zero-order valence-electron chi connectivity index (χ0n) is 13.2. The molecular formula is C17H33N. The summed E-state index contributed by atoms with van der Waals surface area (Å²) in [5.74, 6) is 1.89. The molecule has 1 aliphatic carbocycles. The van der Waals surface area contributed by atoms with E-state index in [2.05, 4.69) is 46.0 Å². The maximum absolute atomic E-state index is 3.55. The van der Waals surface area contributed by atoms with Crippen molar-refractivity contribution in [1.82, 2.24) is 5.32 Å². The van der Waals surface area contributed by atoms with E-state index in [4.69, 9.17) is 0 Å². The fourth-order valence-corrected chi connectivity index (χ4v) is 2.94. The number of hydrogen-bond acceptors (Lipinski definition) is 1. The van der Waals surface area contributed by atoms with Crippen molar-refractivity contribution in [2.45, 2.75) is 78.7 Å². The van der Waals surface area contributed by atoms with Gasteiger partial charge in [0, 0.05) is 5.54 Å². The normalized spacial score (nSPS) is 26.4. The SMILES string of the molecule is CCC1CCC(C(C)=CCCNC(C)(C)C)CC1. The minimum absolute atomic E-state index is 0.251. The van der Waals surface area contributed by atoms with E-state index >= 15 is 0 Å². The van der Waals surface area contributed by atoms with Gasteiger partial charge in [0.15, 0.2) is 0 Å². The van der Waals surface area contributed by atoms with Crippen molar-refractivity contribution in [2.75, 3.05) is 6.54 Å². The second kappa shape index (κ2) is 7.33. The van der Waals surface area contributed by atoms with Crippen LogP contribution in [0.4, 0.5) is 0 Å². The molecule has 0 spiro atoms. The van der Waals surface area contributed by atoms with Crippen molar-refractivity contribution in [3.63, 3.8) is 0 Å². The highest BCUT2D eigenvalue weighted by Crippen LogP contribution is 2.34. The Hall–Kier alpha value is -0.300. The summed E-state index contributed by atoms with van der Waals surface area (Å²) in [6.07, 6.45) is 10.8. The van der Waals surface area contributed by atoms with Gasteiger partial charge in [-0.15, -0.1) is 0 Å². The number of allylic oxidation sites excluding steroid dienone is 1. The van der Waals surface area contributed by atoms with Gasteiger partial charge in [-0.2, -0.15) is 0 Å². The van der Waals surface area contributed by atoms with Crippen LogP contribution in [0.25, 0.3) is 0 Å². The quantitative estimate of drug-likeness (QED) is 0.540. The predicted octanol–water partition coefficient (Wildman–Crippen LogP) is 4.93. The third-order valence-electron chi connectivity index (χ3n) is 4.33. The van der Waals surface area contributed by atoms with Gasteiger partial charge in [0.1, 0.15) is 0 Å². The monoisotopic (exact) mass is 251 g/mol. The minimum atomic E-state index is 0.251. The lowest BCUT2D eigenvalue weighted by atomic mass is 9.78. The van der Waals surface area contributed by atoms with Crippen LogP contribution in [0.5, 0.6) is 0 Å². The molecule has 0 amide bonds. The van der Waals surface area contributed by atoms with E-state index < -0.39 is 0 Å². The van der Waals surface area contributed by atoms with Crippen molar-refractivity contribution in [1.29, 1.82) is 0 Å². The fraction of sp³-hybridized carbons (Fsp3) is 0.882. The van der Waals surface area contributed by atoms with Gasteiger partial charge in [-0.25, -0.2) is 0 Å². The highest BCUT2D eigenvalue weighted by atomic mass is 14.9. The van der Waals surface area contributed by atoms with E-state index in [1.165, 1.54) is 38.5 Å². The lowest BCUT2D eigenvalue weighted by Crippen LogP contribution is -2.36. The standard InChI is InChI=1S/C17H33N/c1-6-15-9-11-16(12-10-15)14(2)8-7-13-18-17(3,4)5/h8,15-16,18H,6-7,9-13H2,1-5H3. The maximum atomic E-state index is 3.55. The van der Waals surface area contributed by atoms with Crippen LogP contribution in [0, 0.1) is 11.8 Å². The summed E-state index contributed by atoms with van der Waals surface area (Å²) in [4.78, 5) is 0. The van der Waals surface area contributed by atoms with Crippen LogP contribution < -0.4 is 5.32 Å². The van der Waals surface area contributed by atoms with Gasteiger partial charge < -0.3 is 5.32 Å². The summed E-state index contributed by atoms with van der Waals surface area (Å²) < 4.78 is 0. The summed E-state index contributed by atoms with van der Waals surface area (Å²) in [5, 5.41) is 3.55. The zero-order valence-corrected chi connectivity index (χ0v) is 13.2. The molecule has 0 aromatic heterocycles. The Balaban J connectivity index is 2.25. The summed E-state index contributed by atoms with van der Waals surface area (Å²) in [6, 6.07) is 0. The first kappa shape index (κ1) is 15.8. The van der Waals surface area contributed by atoms with E-state index in [1.807, 2.05) is 0 Å². The third kappa shape index (κ3) is 6.04. The van der Waals surface area contributed by atoms with Gasteiger partial charge in [0.05, 0.1) is 0 Å². The molecule has 0 radical (unpaired) electrons. The average Bonchev–Trinajstić information content (AvgIpc) is 2.33. The molecule has 106 valence electrons. The lowest BCUT2D eigenvalue weighted by molar-refractivity contribution is 0.294. The Morgan fingerprint density at radius 1 is 1.17 bits per heavy atom. The van der Waals surface area contributed by atoms with Crippen molar-refractivity contribution in [3.8, 4) is 0 Å². The van der Waals surface area contributed by atoms with Crippen molar-refractivity contribution in [2.24, 2.45) is 11.8 Å². The lowest BCUT2D eigenvalue weighted by Gasteiger charge is -2.28. The Morgan fingerprint density at radius 3 is 2.28 bits per heavy atom. The minimum Gasteiger partial charge on any atom is -0.312 e. The van der Waals surface area contributed by atoms with Crippen LogP contribution in [0.3, 0.4) is 0 Å².